The Morgan fingerprint density at radius 3 is 3.00 bits per heavy atom. The van der Waals surface area contributed by atoms with Crippen molar-refractivity contribution < 1.29 is 0 Å². The Labute approximate surface area is 118 Å². The van der Waals surface area contributed by atoms with Crippen LogP contribution in [-0.2, 0) is 19.4 Å². The number of nitrogens with one attached hydrogen (secondary N) is 1. The fourth-order valence-corrected chi connectivity index (χ4v) is 3.32. The summed E-state index contributed by atoms with van der Waals surface area (Å²) in [5, 5.41) is 14.1. The van der Waals surface area contributed by atoms with E-state index in [2.05, 4.69) is 40.6 Å². The summed E-state index contributed by atoms with van der Waals surface area (Å²) >= 11 is 1.70. The summed E-state index contributed by atoms with van der Waals surface area (Å²) in [4.78, 5) is 0. The van der Waals surface area contributed by atoms with Crippen molar-refractivity contribution in [2.45, 2.75) is 39.2 Å². The van der Waals surface area contributed by atoms with Gasteiger partial charge in [-0.25, -0.2) is 0 Å². The van der Waals surface area contributed by atoms with Crippen LogP contribution in [0.5, 0.6) is 0 Å². The van der Waals surface area contributed by atoms with Gasteiger partial charge in [-0.15, -0.1) is 10.2 Å². The molecule has 0 fully saturated rings. The quantitative estimate of drug-likeness (QED) is 0.850. The van der Waals surface area contributed by atoms with Gasteiger partial charge in [0.05, 0.1) is 0 Å². The minimum atomic E-state index is 0.830. The normalized spacial score (nSPS) is 13.7. The van der Waals surface area contributed by atoms with Gasteiger partial charge in [0.15, 0.2) is 0 Å². The van der Waals surface area contributed by atoms with Gasteiger partial charge >= 0.3 is 0 Å². The van der Waals surface area contributed by atoms with Crippen molar-refractivity contribution in [1.82, 2.24) is 15.5 Å². The minimum Gasteiger partial charge on any atom is -0.310 e. The molecule has 0 atom stereocenters. The molecule has 1 aromatic carbocycles. The number of fused-ring (bicyclic) bond motifs is 1. The summed E-state index contributed by atoms with van der Waals surface area (Å²) in [6.45, 7) is 4.03. The van der Waals surface area contributed by atoms with Crippen LogP contribution in [0.1, 0.15) is 35.9 Å². The maximum atomic E-state index is 4.32. The van der Waals surface area contributed by atoms with Crippen molar-refractivity contribution >= 4 is 11.3 Å². The number of aryl methyl sites for hydroxylation is 2. The highest BCUT2D eigenvalue weighted by molar-refractivity contribution is 7.14. The molecule has 3 rings (SSSR count). The van der Waals surface area contributed by atoms with Crippen molar-refractivity contribution in [3.63, 3.8) is 0 Å². The van der Waals surface area contributed by atoms with Crippen molar-refractivity contribution in [1.29, 1.82) is 0 Å². The molecule has 100 valence electrons. The molecule has 0 radical (unpaired) electrons. The summed E-state index contributed by atoms with van der Waals surface area (Å²) in [7, 11) is 0. The zero-order chi connectivity index (χ0) is 13.1. The van der Waals surface area contributed by atoms with Crippen LogP contribution < -0.4 is 5.32 Å². The third-order valence-electron chi connectivity index (χ3n) is 3.52. The molecule has 0 saturated carbocycles. The number of nitrogens with zero attached hydrogens (tertiary/aromatic N) is 2. The molecule has 1 aromatic heterocycles. The fraction of sp³-hybridized carbons (Fsp3) is 0.467. The molecule has 0 saturated heterocycles. The molecular formula is C15H19N3S. The van der Waals surface area contributed by atoms with E-state index < -0.39 is 0 Å². The summed E-state index contributed by atoms with van der Waals surface area (Å²) in [5.74, 6) is 0. The largest absolute Gasteiger partial charge is 0.310 e. The first-order valence-corrected chi connectivity index (χ1v) is 7.83. The number of benzene rings is 1. The maximum Gasteiger partial charge on any atom is 0.147 e. The molecule has 1 aliphatic rings. The lowest BCUT2D eigenvalue weighted by molar-refractivity contribution is 0.668. The molecular weight excluding hydrogens is 254 g/mol. The summed E-state index contributed by atoms with van der Waals surface area (Å²) in [6.07, 6.45) is 4.89. The Kier molecular flexibility index (Phi) is 3.89. The molecule has 3 nitrogen and oxygen atoms in total. The summed E-state index contributed by atoms with van der Waals surface area (Å²) in [6, 6.07) is 6.74. The average molecular weight is 273 g/mol. The first-order valence-electron chi connectivity index (χ1n) is 7.02. The van der Waals surface area contributed by atoms with Gasteiger partial charge in [-0.05, 0) is 49.4 Å². The first-order chi connectivity index (χ1) is 9.36. The van der Waals surface area contributed by atoms with Gasteiger partial charge < -0.3 is 5.32 Å². The second kappa shape index (κ2) is 5.80. The molecule has 1 heterocycles. The van der Waals surface area contributed by atoms with Gasteiger partial charge in [0.1, 0.15) is 10.0 Å². The van der Waals surface area contributed by atoms with Crippen LogP contribution in [0.15, 0.2) is 18.2 Å². The Morgan fingerprint density at radius 2 is 2.11 bits per heavy atom. The zero-order valence-electron chi connectivity index (χ0n) is 11.3. The van der Waals surface area contributed by atoms with E-state index in [-0.39, 0.29) is 0 Å². The predicted octanol–water partition coefficient (Wildman–Crippen LogP) is 3.19. The van der Waals surface area contributed by atoms with E-state index in [1.54, 1.807) is 11.3 Å². The highest BCUT2D eigenvalue weighted by Gasteiger charge is 2.13. The van der Waals surface area contributed by atoms with Crippen LogP contribution in [0.25, 0.3) is 10.6 Å². The van der Waals surface area contributed by atoms with Crippen molar-refractivity contribution in [3.8, 4) is 10.6 Å². The van der Waals surface area contributed by atoms with E-state index in [1.165, 1.54) is 36.0 Å². The smallest absolute Gasteiger partial charge is 0.147 e. The van der Waals surface area contributed by atoms with Crippen LogP contribution in [-0.4, -0.2) is 16.7 Å². The van der Waals surface area contributed by atoms with Gasteiger partial charge in [-0.1, -0.05) is 30.4 Å². The lowest BCUT2D eigenvalue weighted by Crippen LogP contribution is -2.13. The molecule has 0 aliphatic heterocycles. The fourth-order valence-electron chi connectivity index (χ4n) is 2.52. The summed E-state index contributed by atoms with van der Waals surface area (Å²) in [5.41, 5.74) is 4.23. The van der Waals surface area contributed by atoms with Crippen LogP contribution in [0, 0.1) is 0 Å². The first kappa shape index (κ1) is 12.8. The second-order valence-electron chi connectivity index (χ2n) is 5.01. The van der Waals surface area contributed by atoms with Crippen molar-refractivity contribution in [2.75, 3.05) is 6.54 Å². The van der Waals surface area contributed by atoms with Crippen LogP contribution in [0.3, 0.4) is 0 Å². The number of rotatable bonds is 5. The van der Waals surface area contributed by atoms with Gasteiger partial charge in [-0.3, -0.25) is 0 Å². The highest BCUT2D eigenvalue weighted by atomic mass is 32.1. The lowest BCUT2D eigenvalue weighted by Gasteiger charge is -2.01. The van der Waals surface area contributed by atoms with E-state index in [4.69, 9.17) is 0 Å². The van der Waals surface area contributed by atoms with Crippen LogP contribution in [0.2, 0.25) is 0 Å². The molecule has 0 bridgehead atoms. The van der Waals surface area contributed by atoms with Crippen LogP contribution in [0.4, 0.5) is 0 Å². The Bertz CT molecular complexity index is 562. The Balaban J connectivity index is 1.75. The Hall–Kier alpha value is -1.26. The van der Waals surface area contributed by atoms with E-state index in [0.29, 0.717) is 0 Å². The zero-order valence-corrected chi connectivity index (χ0v) is 12.1. The van der Waals surface area contributed by atoms with Gasteiger partial charge in [0.25, 0.3) is 0 Å². The Morgan fingerprint density at radius 1 is 1.21 bits per heavy atom. The number of hydrogen-bond donors (Lipinski definition) is 1. The molecule has 1 N–H and O–H groups in total. The monoisotopic (exact) mass is 273 g/mol. The van der Waals surface area contributed by atoms with Gasteiger partial charge in [0.2, 0.25) is 0 Å². The van der Waals surface area contributed by atoms with Gasteiger partial charge in [-0.2, -0.15) is 0 Å². The third-order valence-corrected chi connectivity index (χ3v) is 4.49. The molecule has 0 spiro atoms. The lowest BCUT2D eigenvalue weighted by atomic mass is 10.1. The molecule has 0 amide bonds. The maximum absolute atomic E-state index is 4.32. The molecule has 19 heavy (non-hydrogen) atoms. The highest BCUT2D eigenvalue weighted by Crippen LogP contribution is 2.29. The molecule has 2 aromatic rings. The SMILES string of the molecule is CCCNCc1nnc(-c2ccc3c(c2)CCC3)s1. The summed E-state index contributed by atoms with van der Waals surface area (Å²) < 4.78 is 0. The molecule has 4 heteroatoms. The molecule has 1 aliphatic carbocycles. The molecule has 0 unspecified atom stereocenters. The van der Waals surface area contributed by atoms with Crippen molar-refractivity contribution in [3.05, 3.63) is 34.3 Å². The third kappa shape index (κ3) is 2.85. The van der Waals surface area contributed by atoms with E-state index >= 15 is 0 Å². The van der Waals surface area contributed by atoms with E-state index in [9.17, 15) is 0 Å². The van der Waals surface area contributed by atoms with E-state index in [1.807, 2.05) is 0 Å². The van der Waals surface area contributed by atoms with Gasteiger partial charge in [0, 0.05) is 12.1 Å². The van der Waals surface area contributed by atoms with E-state index in [0.717, 1.165) is 29.5 Å². The topological polar surface area (TPSA) is 37.8 Å². The van der Waals surface area contributed by atoms with Crippen molar-refractivity contribution in [2.24, 2.45) is 0 Å². The minimum absolute atomic E-state index is 0.830. The second-order valence-corrected chi connectivity index (χ2v) is 6.08. The number of hydrogen-bond acceptors (Lipinski definition) is 4. The standard InChI is InChI=1S/C15H19N3S/c1-2-8-16-10-14-17-18-15(19-14)13-7-6-11-4-3-5-12(11)9-13/h6-7,9,16H,2-5,8,10H2,1H3. The average Bonchev–Trinajstić information content (AvgIpc) is 3.06. The number of aromatic nitrogens is 2. The van der Waals surface area contributed by atoms with Crippen LogP contribution >= 0.6 is 11.3 Å². The predicted molar refractivity (Wildman–Crippen MR) is 79.4 cm³/mol.